The SMILES string of the molecule is COc1ccc(C2C(CNC(=O)c3ccnn3C)CCCN2C)cc1. The zero-order valence-electron chi connectivity index (χ0n) is 15.1. The zero-order valence-corrected chi connectivity index (χ0v) is 15.1. The largest absolute Gasteiger partial charge is 0.497 e. The molecule has 1 saturated heterocycles. The van der Waals surface area contributed by atoms with E-state index in [2.05, 4.69) is 34.5 Å². The summed E-state index contributed by atoms with van der Waals surface area (Å²) in [7, 11) is 5.62. The number of aromatic nitrogens is 2. The third-order valence-electron chi connectivity index (χ3n) is 5.04. The highest BCUT2D eigenvalue weighted by molar-refractivity contribution is 5.92. The van der Waals surface area contributed by atoms with E-state index in [1.807, 2.05) is 12.1 Å². The standard InChI is InChI=1S/C19H26N4O2/c1-22-12-4-5-15(13-20-19(24)17-10-11-21-23(17)2)18(22)14-6-8-16(25-3)9-7-14/h6-11,15,18H,4-5,12-13H2,1-3H3,(H,20,24). The van der Waals surface area contributed by atoms with E-state index in [9.17, 15) is 4.79 Å². The van der Waals surface area contributed by atoms with Crippen LogP contribution < -0.4 is 10.1 Å². The number of piperidine rings is 1. The molecular weight excluding hydrogens is 316 g/mol. The smallest absolute Gasteiger partial charge is 0.269 e. The molecule has 6 heteroatoms. The van der Waals surface area contributed by atoms with Crippen molar-refractivity contribution < 1.29 is 9.53 Å². The summed E-state index contributed by atoms with van der Waals surface area (Å²) in [5.41, 5.74) is 1.85. The van der Waals surface area contributed by atoms with Gasteiger partial charge in [0.25, 0.3) is 5.91 Å². The number of aryl methyl sites for hydroxylation is 1. The highest BCUT2D eigenvalue weighted by atomic mass is 16.5. The first kappa shape index (κ1) is 17.5. The van der Waals surface area contributed by atoms with E-state index in [1.54, 1.807) is 31.1 Å². The van der Waals surface area contributed by atoms with Crippen molar-refractivity contribution in [2.24, 2.45) is 13.0 Å². The first-order valence-electron chi connectivity index (χ1n) is 8.70. The van der Waals surface area contributed by atoms with Gasteiger partial charge in [-0.1, -0.05) is 12.1 Å². The quantitative estimate of drug-likeness (QED) is 0.905. The number of nitrogens with one attached hydrogen (secondary N) is 1. The lowest BCUT2D eigenvalue weighted by atomic mass is 9.85. The molecule has 0 saturated carbocycles. The van der Waals surface area contributed by atoms with Crippen molar-refractivity contribution in [1.29, 1.82) is 0 Å². The highest BCUT2D eigenvalue weighted by Crippen LogP contribution is 2.35. The Balaban J connectivity index is 1.71. The number of amides is 1. The number of ether oxygens (including phenoxy) is 1. The Labute approximate surface area is 148 Å². The minimum Gasteiger partial charge on any atom is -0.497 e. The predicted molar refractivity (Wildman–Crippen MR) is 96.6 cm³/mol. The lowest BCUT2D eigenvalue weighted by Gasteiger charge is -2.39. The molecule has 2 unspecified atom stereocenters. The van der Waals surface area contributed by atoms with Crippen LogP contribution in [0, 0.1) is 5.92 Å². The summed E-state index contributed by atoms with van der Waals surface area (Å²) in [5, 5.41) is 7.15. The molecule has 1 aliphatic heterocycles. The molecule has 1 fully saturated rings. The van der Waals surface area contributed by atoms with Crippen LogP contribution in [-0.4, -0.2) is 47.8 Å². The molecule has 3 rings (SSSR count). The summed E-state index contributed by atoms with van der Waals surface area (Å²) in [6, 6.07) is 10.3. The number of nitrogens with zero attached hydrogens (tertiary/aromatic N) is 3. The Morgan fingerprint density at radius 3 is 2.68 bits per heavy atom. The fraction of sp³-hybridized carbons (Fsp3) is 0.474. The normalized spacial score (nSPS) is 21.1. The number of rotatable bonds is 5. The molecule has 1 aliphatic rings. The lowest BCUT2D eigenvalue weighted by molar-refractivity contribution is 0.0883. The van der Waals surface area contributed by atoms with Crippen molar-refractivity contribution >= 4 is 5.91 Å². The molecule has 134 valence electrons. The maximum atomic E-state index is 12.4. The number of hydrogen-bond donors (Lipinski definition) is 1. The summed E-state index contributed by atoms with van der Waals surface area (Å²) in [6.07, 6.45) is 3.89. The van der Waals surface area contributed by atoms with Crippen LogP contribution in [0.2, 0.25) is 0 Å². The van der Waals surface area contributed by atoms with Gasteiger partial charge in [0.15, 0.2) is 0 Å². The van der Waals surface area contributed by atoms with Gasteiger partial charge in [0, 0.05) is 25.8 Å². The summed E-state index contributed by atoms with van der Waals surface area (Å²) < 4.78 is 6.86. The minimum absolute atomic E-state index is 0.0679. The van der Waals surface area contributed by atoms with Crippen LogP contribution in [0.3, 0.4) is 0 Å². The molecule has 1 aromatic heterocycles. The summed E-state index contributed by atoms with van der Waals surface area (Å²) in [4.78, 5) is 14.8. The van der Waals surface area contributed by atoms with Crippen LogP contribution in [0.1, 0.15) is 34.9 Å². The van der Waals surface area contributed by atoms with Gasteiger partial charge < -0.3 is 10.1 Å². The van der Waals surface area contributed by atoms with Crippen molar-refractivity contribution in [3.63, 3.8) is 0 Å². The van der Waals surface area contributed by atoms with E-state index in [4.69, 9.17) is 4.74 Å². The second-order valence-corrected chi connectivity index (χ2v) is 6.65. The molecular formula is C19H26N4O2. The van der Waals surface area contributed by atoms with Crippen LogP contribution >= 0.6 is 0 Å². The molecule has 1 N–H and O–H groups in total. The number of likely N-dealkylation sites (tertiary alicyclic amines) is 1. The topological polar surface area (TPSA) is 59.4 Å². The van der Waals surface area contributed by atoms with E-state index in [1.165, 1.54) is 5.56 Å². The summed E-state index contributed by atoms with van der Waals surface area (Å²) in [6.45, 7) is 1.73. The minimum atomic E-state index is -0.0679. The molecule has 0 spiro atoms. The molecule has 0 bridgehead atoms. The van der Waals surface area contributed by atoms with Gasteiger partial charge in [-0.2, -0.15) is 5.10 Å². The van der Waals surface area contributed by atoms with Gasteiger partial charge in [0.05, 0.1) is 7.11 Å². The Bertz CT molecular complexity index is 710. The van der Waals surface area contributed by atoms with E-state index in [-0.39, 0.29) is 5.91 Å². The number of methoxy groups -OCH3 is 1. The number of carbonyl (C=O) groups excluding carboxylic acids is 1. The Morgan fingerprint density at radius 2 is 2.04 bits per heavy atom. The first-order chi connectivity index (χ1) is 12.1. The molecule has 0 radical (unpaired) electrons. The molecule has 2 atom stereocenters. The maximum absolute atomic E-state index is 12.4. The van der Waals surface area contributed by atoms with Gasteiger partial charge in [-0.3, -0.25) is 14.4 Å². The molecule has 25 heavy (non-hydrogen) atoms. The van der Waals surface area contributed by atoms with Crippen LogP contribution in [0.5, 0.6) is 5.75 Å². The van der Waals surface area contributed by atoms with Gasteiger partial charge >= 0.3 is 0 Å². The molecule has 2 heterocycles. The van der Waals surface area contributed by atoms with Crippen molar-refractivity contribution in [2.75, 3.05) is 27.2 Å². The van der Waals surface area contributed by atoms with Crippen molar-refractivity contribution in [3.05, 3.63) is 47.8 Å². The van der Waals surface area contributed by atoms with Crippen molar-refractivity contribution in [3.8, 4) is 5.75 Å². The molecule has 1 amide bonds. The Kier molecular flexibility index (Phi) is 5.38. The van der Waals surface area contributed by atoms with Crippen LogP contribution in [0.4, 0.5) is 0 Å². The van der Waals surface area contributed by atoms with Crippen molar-refractivity contribution in [2.45, 2.75) is 18.9 Å². The molecule has 0 aliphatic carbocycles. The maximum Gasteiger partial charge on any atom is 0.269 e. The predicted octanol–water partition coefficient (Wildman–Crippen LogP) is 2.24. The average Bonchev–Trinajstić information content (AvgIpc) is 3.06. The summed E-state index contributed by atoms with van der Waals surface area (Å²) >= 11 is 0. The third-order valence-corrected chi connectivity index (χ3v) is 5.04. The third kappa shape index (κ3) is 3.85. The fourth-order valence-electron chi connectivity index (χ4n) is 3.71. The molecule has 6 nitrogen and oxygen atoms in total. The van der Waals surface area contributed by atoms with Crippen molar-refractivity contribution in [1.82, 2.24) is 20.0 Å². The monoisotopic (exact) mass is 342 g/mol. The number of benzene rings is 1. The number of carbonyl (C=O) groups is 1. The second-order valence-electron chi connectivity index (χ2n) is 6.65. The van der Waals surface area contributed by atoms with Gasteiger partial charge in [-0.15, -0.1) is 0 Å². The van der Waals surface area contributed by atoms with E-state index < -0.39 is 0 Å². The van der Waals surface area contributed by atoms with Crippen LogP contribution in [-0.2, 0) is 7.05 Å². The van der Waals surface area contributed by atoms with E-state index in [0.29, 0.717) is 24.2 Å². The average molecular weight is 342 g/mol. The fourth-order valence-corrected chi connectivity index (χ4v) is 3.71. The number of hydrogen-bond acceptors (Lipinski definition) is 4. The van der Waals surface area contributed by atoms with Crippen LogP contribution in [0.15, 0.2) is 36.5 Å². The van der Waals surface area contributed by atoms with E-state index >= 15 is 0 Å². The lowest BCUT2D eigenvalue weighted by Crippen LogP contribution is -2.42. The Hall–Kier alpha value is -2.34. The zero-order chi connectivity index (χ0) is 17.8. The molecule has 2 aromatic rings. The molecule has 1 aromatic carbocycles. The van der Waals surface area contributed by atoms with E-state index in [0.717, 1.165) is 25.1 Å². The van der Waals surface area contributed by atoms with Crippen LogP contribution in [0.25, 0.3) is 0 Å². The Morgan fingerprint density at radius 1 is 1.28 bits per heavy atom. The second kappa shape index (κ2) is 7.70. The first-order valence-corrected chi connectivity index (χ1v) is 8.70. The van der Waals surface area contributed by atoms with Gasteiger partial charge in [0.2, 0.25) is 0 Å². The van der Waals surface area contributed by atoms with Gasteiger partial charge in [0.1, 0.15) is 11.4 Å². The van der Waals surface area contributed by atoms with Gasteiger partial charge in [-0.25, -0.2) is 0 Å². The highest BCUT2D eigenvalue weighted by Gasteiger charge is 2.30. The van der Waals surface area contributed by atoms with Gasteiger partial charge in [-0.05, 0) is 56.1 Å². The summed E-state index contributed by atoms with van der Waals surface area (Å²) in [5.74, 6) is 1.18.